The molecule has 0 amide bonds. The van der Waals surface area contributed by atoms with E-state index >= 15 is 0 Å². The van der Waals surface area contributed by atoms with Crippen molar-refractivity contribution in [3.8, 4) is 0 Å². The van der Waals surface area contributed by atoms with Gasteiger partial charge in [0.15, 0.2) is 10.9 Å². The van der Waals surface area contributed by atoms with Crippen LogP contribution in [-0.2, 0) is 28.9 Å². The summed E-state index contributed by atoms with van der Waals surface area (Å²) in [6.07, 6.45) is -0.488. The van der Waals surface area contributed by atoms with Crippen LogP contribution >= 0.6 is 0 Å². The Balaban J connectivity index is 1.88. The van der Waals surface area contributed by atoms with Gasteiger partial charge in [0.05, 0.1) is 12.3 Å². The molecule has 2 aromatic heterocycles. The molecule has 0 aromatic carbocycles. The normalized spacial score (nSPS) is 20.4. The minimum atomic E-state index is -3.63. The van der Waals surface area contributed by atoms with Crippen molar-refractivity contribution in [2.75, 3.05) is 19.7 Å². The molecular formula is C11H17N7O3S. The van der Waals surface area contributed by atoms with Gasteiger partial charge in [0, 0.05) is 27.2 Å². The molecule has 11 heteroatoms. The fourth-order valence-electron chi connectivity index (χ4n) is 2.47. The SMILES string of the molecule is Cc1cc(S(=O)(=O)N2CCOC(c3nnnn3C)C2)n(C)n1. The highest BCUT2D eigenvalue weighted by Gasteiger charge is 2.35. The van der Waals surface area contributed by atoms with Crippen LogP contribution in [0.3, 0.4) is 0 Å². The van der Waals surface area contributed by atoms with Crippen molar-refractivity contribution in [1.29, 1.82) is 0 Å². The van der Waals surface area contributed by atoms with Crippen LogP contribution in [0.4, 0.5) is 0 Å². The summed E-state index contributed by atoms with van der Waals surface area (Å²) in [5.41, 5.74) is 0.656. The standard InChI is InChI=1S/C11H17N7O3S/c1-8-6-10(16(2)13-8)22(19,20)18-4-5-21-9(7-18)11-12-14-15-17(11)3/h6,9H,4-5,7H2,1-3H3. The van der Waals surface area contributed by atoms with Gasteiger partial charge in [-0.3, -0.25) is 4.68 Å². The van der Waals surface area contributed by atoms with E-state index in [0.29, 0.717) is 11.5 Å². The summed E-state index contributed by atoms with van der Waals surface area (Å²) in [7, 11) is -0.326. The molecule has 3 rings (SSSR count). The number of sulfonamides is 1. The smallest absolute Gasteiger partial charge is 0.260 e. The number of morpholine rings is 1. The second kappa shape index (κ2) is 5.41. The van der Waals surface area contributed by atoms with E-state index in [1.807, 2.05) is 0 Å². The van der Waals surface area contributed by atoms with Crippen LogP contribution in [0.15, 0.2) is 11.1 Å². The first kappa shape index (κ1) is 15.1. The van der Waals surface area contributed by atoms with Crippen molar-refractivity contribution in [2.45, 2.75) is 18.1 Å². The highest BCUT2D eigenvalue weighted by atomic mass is 32.2. The monoisotopic (exact) mass is 327 g/mol. The van der Waals surface area contributed by atoms with Crippen molar-refractivity contribution >= 4 is 10.0 Å². The summed E-state index contributed by atoms with van der Waals surface area (Å²) in [5, 5.41) is 15.5. The van der Waals surface area contributed by atoms with Crippen LogP contribution in [0.5, 0.6) is 0 Å². The third-order valence-electron chi connectivity index (χ3n) is 3.53. The molecule has 120 valence electrons. The number of nitrogens with zero attached hydrogens (tertiary/aromatic N) is 7. The van der Waals surface area contributed by atoms with Crippen molar-refractivity contribution in [3.05, 3.63) is 17.6 Å². The lowest BCUT2D eigenvalue weighted by Gasteiger charge is -2.31. The van der Waals surface area contributed by atoms with Crippen molar-refractivity contribution in [2.24, 2.45) is 14.1 Å². The van der Waals surface area contributed by atoms with Gasteiger partial charge < -0.3 is 4.74 Å². The maximum Gasteiger partial charge on any atom is 0.260 e. The van der Waals surface area contributed by atoms with Gasteiger partial charge >= 0.3 is 0 Å². The van der Waals surface area contributed by atoms with E-state index in [9.17, 15) is 8.42 Å². The number of hydrogen-bond acceptors (Lipinski definition) is 7. The second-order valence-corrected chi connectivity index (χ2v) is 7.02. The van der Waals surface area contributed by atoms with Crippen LogP contribution < -0.4 is 0 Å². The Bertz CT molecular complexity index is 781. The Morgan fingerprint density at radius 3 is 2.68 bits per heavy atom. The van der Waals surface area contributed by atoms with Crippen molar-refractivity contribution in [1.82, 2.24) is 34.3 Å². The summed E-state index contributed by atoms with van der Waals surface area (Å²) in [6.45, 7) is 2.50. The summed E-state index contributed by atoms with van der Waals surface area (Å²) in [6, 6.07) is 1.56. The predicted molar refractivity (Wildman–Crippen MR) is 74.2 cm³/mol. The zero-order chi connectivity index (χ0) is 15.9. The molecule has 0 bridgehead atoms. The number of hydrogen-bond donors (Lipinski definition) is 0. The second-order valence-electron chi connectivity index (χ2n) is 5.13. The van der Waals surface area contributed by atoms with Gasteiger partial charge in [0.1, 0.15) is 6.10 Å². The van der Waals surface area contributed by atoms with E-state index in [4.69, 9.17) is 4.74 Å². The van der Waals surface area contributed by atoms with E-state index in [1.165, 1.54) is 13.7 Å². The summed E-state index contributed by atoms with van der Waals surface area (Å²) in [5.74, 6) is 0.501. The van der Waals surface area contributed by atoms with E-state index in [0.717, 1.165) is 0 Å². The molecular weight excluding hydrogens is 310 g/mol. The Kier molecular flexibility index (Phi) is 3.70. The van der Waals surface area contributed by atoms with Gasteiger partial charge in [-0.2, -0.15) is 9.40 Å². The van der Waals surface area contributed by atoms with E-state index < -0.39 is 16.1 Å². The van der Waals surface area contributed by atoms with E-state index in [2.05, 4.69) is 20.6 Å². The molecule has 1 saturated heterocycles. The zero-order valence-corrected chi connectivity index (χ0v) is 13.4. The molecule has 1 unspecified atom stereocenters. The highest BCUT2D eigenvalue weighted by molar-refractivity contribution is 7.89. The first-order chi connectivity index (χ1) is 10.4. The molecule has 22 heavy (non-hydrogen) atoms. The molecule has 10 nitrogen and oxygen atoms in total. The van der Waals surface area contributed by atoms with Gasteiger partial charge in [-0.05, 0) is 23.4 Å². The fraction of sp³-hybridized carbons (Fsp3) is 0.636. The molecule has 0 aliphatic carbocycles. The number of rotatable bonds is 3. The molecule has 0 spiro atoms. The molecule has 0 saturated carbocycles. The Labute approximate surface area is 127 Å². The molecule has 1 fully saturated rings. The van der Waals surface area contributed by atoms with E-state index in [-0.39, 0.29) is 24.7 Å². The fourth-order valence-corrected chi connectivity index (χ4v) is 4.08. The lowest BCUT2D eigenvalue weighted by Crippen LogP contribution is -2.43. The van der Waals surface area contributed by atoms with Gasteiger partial charge in [0.25, 0.3) is 10.0 Å². The minimum Gasteiger partial charge on any atom is -0.367 e. The van der Waals surface area contributed by atoms with Crippen LogP contribution in [-0.4, -0.2) is 62.4 Å². The number of aryl methyl sites for hydroxylation is 3. The third-order valence-corrected chi connectivity index (χ3v) is 5.46. The summed E-state index contributed by atoms with van der Waals surface area (Å²) >= 11 is 0. The van der Waals surface area contributed by atoms with Crippen LogP contribution in [0.25, 0.3) is 0 Å². The molecule has 0 radical (unpaired) electrons. The molecule has 1 aliphatic rings. The molecule has 1 atom stereocenters. The first-order valence-electron chi connectivity index (χ1n) is 6.74. The maximum absolute atomic E-state index is 12.8. The number of tetrazole rings is 1. The number of aromatic nitrogens is 6. The highest BCUT2D eigenvalue weighted by Crippen LogP contribution is 2.25. The molecule has 0 N–H and O–H groups in total. The van der Waals surface area contributed by atoms with Crippen LogP contribution in [0.1, 0.15) is 17.6 Å². The molecule has 1 aliphatic heterocycles. The average Bonchev–Trinajstić information content (AvgIpc) is 3.05. The lowest BCUT2D eigenvalue weighted by atomic mass is 10.3. The summed E-state index contributed by atoms with van der Waals surface area (Å²) < 4.78 is 35.4. The Hall–Kier alpha value is -1.85. The lowest BCUT2D eigenvalue weighted by molar-refractivity contribution is -0.00964. The van der Waals surface area contributed by atoms with Crippen molar-refractivity contribution in [3.63, 3.8) is 0 Å². The number of ether oxygens (including phenoxy) is 1. The van der Waals surface area contributed by atoms with Gasteiger partial charge in [0.2, 0.25) is 0 Å². The van der Waals surface area contributed by atoms with Crippen molar-refractivity contribution < 1.29 is 13.2 Å². The third kappa shape index (κ3) is 2.51. The molecule has 3 heterocycles. The summed E-state index contributed by atoms with van der Waals surface area (Å²) in [4.78, 5) is 0. The zero-order valence-electron chi connectivity index (χ0n) is 12.5. The van der Waals surface area contributed by atoms with E-state index in [1.54, 1.807) is 27.1 Å². The first-order valence-corrected chi connectivity index (χ1v) is 8.18. The quantitative estimate of drug-likeness (QED) is 0.712. The minimum absolute atomic E-state index is 0.167. The average molecular weight is 327 g/mol. The maximum atomic E-state index is 12.8. The Morgan fingerprint density at radius 1 is 1.32 bits per heavy atom. The van der Waals surface area contributed by atoms with Gasteiger partial charge in [-0.1, -0.05) is 0 Å². The topological polar surface area (TPSA) is 108 Å². The van der Waals surface area contributed by atoms with Gasteiger partial charge in [-0.25, -0.2) is 13.1 Å². The molecule has 2 aromatic rings. The van der Waals surface area contributed by atoms with Crippen LogP contribution in [0, 0.1) is 6.92 Å². The Morgan fingerprint density at radius 2 is 2.09 bits per heavy atom. The largest absolute Gasteiger partial charge is 0.367 e. The van der Waals surface area contributed by atoms with Crippen LogP contribution in [0.2, 0.25) is 0 Å². The van der Waals surface area contributed by atoms with Gasteiger partial charge in [-0.15, -0.1) is 5.10 Å². The predicted octanol–water partition coefficient (Wildman–Crippen LogP) is -0.986.